The third kappa shape index (κ3) is 9.16. The van der Waals surface area contributed by atoms with E-state index in [1.165, 1.54) is 0 Å². The molecule has 0 heterocycles. The zero-order valence-corrected chi connectivity index (χ0v) is 23.7. The van der Waals surface area contributed by atoms with Crippen molar-refractivity contribution in [2.45, 2.75) is 39.5 Å². The van der Waals surface area contributed by atoms with Crippen LogP contribution in [0.5, 0.6) is 0 Å². The molecule has 8 heteroatoms. The van der Waals surface area contributed by atoms with Gasteiger partial charge in [-0.15, -0.1) is 0 Å². The third-order valence-electron chi connectivity index (χ3n) is 6.43. The Balaban J connectivity index is 1.19. The van der Waals surface area contributed by atoms with Crippen molar-refractivity contribution in [3.05, 3.63) is 119 Å². The van der Waals surface area contributed by atoms with Crippen molar-refractivity contribution in [1.82, 2.24) is 0 Å². The van der Waals surface area contributed by atoms with E-state index in [1.807, 2.05) is 62.4 Å². The van der Waals surface area contributed by atoms with Gasteiger partial charge in [-0.3, -0.25) is 19.2 Å². The summed E-state index contributed by atoms with van der Waals surface area (Å²) < 4.78 is 0. The van der Waals surface area contributed by atoms with E-state index in [4.69, 9.17) is 0 Å². The van der Waals surface area contributed by atoms with Crippen LogP contribution in [0.3, 0.4) is 0 Å². The molecule has 42 heavy (non-hydrogen) atoms. The largest absolute Gasteiger partial charge is 0.326 e. The number of nitrogens with one attached hydrogen (secondary N) is 4. The smallest absolute Gasteiger partial charge is 0.255 e. The van der Waals surface area contributed by atoms with E-state index in [0.717, 1.165) is 11.1 Å². The number of unbranched alkanes of at least 4 members (excludes halogenated alkanes) is 1. The molecule has 4 rings (SSSR count). The average molecular weight is 563 g/mol. The molecule has 0 fully saturated rings. The van der Waals surface area contributed by atoms with E-state index in [9.17, 15) is 19.2 Å². The molecule has 0 aliphatic rings. The summed E-state index contributed by atoms with van der Waals surface area (Å²) in [4.78, 5) is 50.2. The van der Waals surface area contributed by atoms with Crippen molar-refractivity contribution in [3.8, 4) is 0 Å². The van der Waals surface area contributed by atoms with Gasteiger partial charge in [-0.1, -0.05) is 36.4 Å². The Morgan fingerprint density at radius 1 is 0.476 bits per heavy atom. The first-order chi connectivity index (χ1) is 20.2. The molecule has 0 atom stereocenters. The quantitative estimate of drug-likeness (QED) is 0.148. The molecule has 0 bridgehead atoms. The van der Waals surface area contributed by atoms with Gasteiger partial charge in [-0.2, -0.15) is 0 Å². The van der Waals surface area contributed by atoms with Crippen LogP contribution in [-0.4, -0.2) is 23.6 Å². The van der Waals surface area contributed by atoms with Crippen LogP contribution in [0.4, 0.5) is 22.7 Å². The van der Waals surface area contributed by atoms with E-state index in [-0.39, 0.29) is 36.5 Å². The third-order valence-corrected chi connectivity index (χ3v) is 6.43. The number of carbonyl (C=O) groups is 4. The molecule has 0 aliphatic carbocycles. The molecule has 0 saturated heterocycles. The molecule has 0 radical (unpaired) electrons. The van der Waals surface area contributed by atoms with E-state index < -0.39 is 0 Å². The minimum Gasteiger partial charge on any atom is -0.326 e. The van der Waals surface area contributed by atoms with Gasteiger partial charge in [0.25, 0.3) is 11.8 Å². The topological polar surface area (TPSA) is 116 Å². The lowest BCUT2D eigenvalue weighted by molar-refractivity contribution is -0.118. The van der Waals surface area contributed by atoms with Crippen molar-refractivity contribution >= 4 is 46.4 Å². The molecule has 214 valence electrons. The highest BCUT2D eigenvalue weighted by atomic mass is 16.2. The van der Waals surface area contributed by atoms with Crippen LogP contribution in [-0.2, 0) is 9.59 Å². The van der Waals surface area contributed by atoms with Crippen LogP contribution in [0, 0.1) is 13.8 Å². The number of aryl methyl sites for hydroxylation is 2. The molecule has 8 nitrogen and oxygen atoms in total. The first-order valence-electron chi connectivity index (χ1n) is 13.8. The highest BCUT2D eigenvalue weighted by molar-refractivity contribution is 6.06. The minimum absolute atomic E-state index is 0.195. The van der Waals surface area contributed by atoms with E-state index in [2.05, 4.69) is 21.3 Å². The molecule has 0 unspecified atom stereocenters. The van der Waals surface area contributed by atoms with Crippen LogP contribution >= 0.6 is 0 Å². The fourth-order valence-corrected chi connectivity index (χ4v) is 4.35. The van der Waals surface area contributed by atoms with Crippen LogP contribution in [0.25, 0.3) is 0 Å². The van der Waals surface area contributed by atoms with Crippen molar-refractivity contribution in [2.75, 3.05) is 21.3 Å². The minimum atomic E-state index is -0.264. The summed E-state index contributed by atoms with van der Waals surface area (Å²) in [5.41, 5.74) is 5.41. The number of carbonyl (C=O) groups excluding carboxylic acids is 4. The molecule has 0 aliphatic heterocycles. The Bertz CT molecular complexity index is 1480. The Labute approximate surface area is 245 Å². The molecule has 4 amide bonds. The zero-order chi connectivity index (χ0) is 29.9. The molecule has 0 saturated carbocycles. The highest BCUT2D eigenvalue weighted by Gasteiger charge is 2.11. The average Bonchev–Trinajstić information content (AvgIpc) is 2.95. The molecular formula is C34H34N4O4. The molecule has 4 aromatic carbocycles. The highest BCUT2D eigenvalue weighted by Crippen LogP contribution is 2.17. The summed E-state index contributed by atoms with van der Waals surface area (Å²) in [5.74, 6) is -0.918. The number of benzene rings is 4. The van der Waals surface area contributed by atoms with Crippen molar-refractivity contribution in [2.24, 2.45) is 0 Å². The standard InChI is InChI=1S/C34H34N4O4/c1-23-9-5-13-27(19-23)37-33(41)25-11-7-15-29(21-25)35-31(39)17-3-4-18-32(40)36-30-16-8-12-26(22-30)34(42)38-28-14-6-10-24(2)20-28/h5-16,19-22H,3-4,17-18H2,1-2H3,(H,35,39)(H,36,40)(H,37,41)(H,38,42). The van der Waals surface area contributed by atoms with Crippen LogP contribution in [0.15, 0.2) is 97.1 Å². The number of anilines is 4. The van der Waals surface area contributed by atoms with Crippen LogP contribution < -0.4 is 21.3 Å². The van der Waals surface area contributed by atoms with Gasteiger partial charge in [0.2, 0.25) is 11.8 Å². The van der Waals surface area contributed by atoms with Gasteiger partial charge in [0.1, 0.15) is 0 Å². The first kappa shape index (κ1) is 29.7. The Hall–Kier alpha value is -5.24. The maximum absolute atomic E-state index is 12.6. The second-order valence-corrected chi connectivity index (χ2v) is 10.1. The Kier molecular flexibility index (Phi) is 10.2. The number of hydrogen-bond acceptors (Lipinski definition) is 4. The van der Waals surface area contributed by atoms with Gasteiger partial charge in [0, 0.05) is 46.7 Å². The van der Waals surface area contributed by atoms with E-state index in [1.54, 1.807) is 48.5 Å². The summed E-state index contributed by atoms with van der Waals surface area (Å²) in [5, 5.41) is 11.4. The number of amides is 4. The van der Waals surface area contributed by atoms with E-state index in [0.29, 0.717) is 46.7 Å². The Morgan fingerprint density at radius 2 is 0.833 bits per heavy atom. The predicted octanol–water partition coefficient (Wildman–Crippen LogP) is 6.95. The molecule has 4 N–H and O–H groups in total. The van der Waals surface area contributed by atoms with Gasteiger partial charge >= 0.3 is 0 Å². The predicted molar refractivity (Wildman–Crippen MR) is 167 cm³/mol. The van der Waals surface area contributed by atoms with Crippen LogP contribution in [0.2, 0.25) is 0 Å². The normalized spacial score (nSPS) is 10.4. The van der Waals surface area contributed by atoms with Gasteiger partial charge in [-0.05, 0) is 98.5 Å². The fourth-order valence-electron chi connectivity index (χ4n) is 4.35. The molecular weight excluding hydrogens is 528 g/mol. The monoisotopic (exact) mass is 562 g/mol. The van der Waals surface area contributed by atoms with E-state index >= 15 is 0 Å². The van der Waals surface area contributed by atoms with Crippen molar-refractivity contribution < 1.29 is 19.2 Å². The summed E-state index contributed by atoms with van der Waals surface area (Å²) in [6.45, 7) is 3.90. The van der Waals surface area contributed by atoms with Crippen molar-refractivity contribution in [1.29, 1.82) is 0 Å². The first-order valence-corrected chi connectivity index (χ1v) is 13.8. The maximum atomic E-state index is 12.6. The molecule has 0 spiro atoms. The second-order valence-electron chi connectivity index (χ2n) is 10.1. The summed E-state index contributed by atoms with van der Waals surface area (Å²) in [7, 11) is 0. The summed E-state index contributed by atoms with van der Waals surface area (Å²) in [6.07, 6.45) is 1.51. The van der Waals surface area contributed by atoms with Crippen LogP contribution in [0.1, 0.15) is 57.5 Å². The second kappa shape index (κ2) is 14.4. The molecule has 4 aromatic rings. The molecule has 0 aromatic heterocycles. The number of rotatable bonds is 11. The zero-order valence-electron chi connectivity index (χ0n) is 23.7. The summed E-state index contributed by atoms with van der Waals surface area (Å²) >= 11 is 0. The summed E-state index contributed by atoms with van der Waals surface area (Å²) in [6, 6.07) is 28.6. The lowest BCUT2D eigenvalue weighted by Crippen LogP contribution is -2.15. The SMILES string of the molecule is Cc1cccc(NC(=O)c2cccc(NC(=O)CCCCC(=O)Nc3cccc(C(=O)Nc4cccc(C)c4)c3)c2)c1. The van der Waals surface area contributed by atoms with Gasteiger partial charge in [0.05, 0.1) is 0 Å². The Morgan fingerprint density at radius 3 is 1.21 bits per heavy atom. The van der Waals surface area contributed by atoms with Gasteiger partial charge in [-0.25, -0.2) is 0 Å². The van der Waals surface area contributed by atoms with Crippen molar-refractivity contribution in [3.63, 3.8) is 0 Å². The number of hydrogen-bond donors (Lipinski definition) is 4. The van der Waals surface area contributed by atoms with Gasteiger partial charge < -0.3 is 21.3 Å². The lowest BCUT2D eigenvalue weighted by atomic mass is 10.1. The maximum Gasteiger partial charge on any atom is 0.255 e. The van der Waals surface area contributed by atoms with Gasteiger partial charge in [0.15, 0.2) is 0 Å². The fraction of sp³-hybridized carbons (Fsp3) is 0.176. The lowest BCUT2D eigenvalue weighted by Gasteiger charge is -2.10.